The van der Waals surface area contributed by atoms with Crippen molar-refractivity contribution in [2.24, 2.45) is 0 Å². The first-order chi connectivity index (χ1) is 8.60. The molecule has 0 radical (unpaired) electrons. The zero-order valence-electron chi connectivity index (χ0n) is 11.4. The summed E-state index contributed by atoms with van der Waals surface area (Å²) in [6.07, 6.45) is 2.56. The smallest absolute Gasteiger partial charge is 0.198 e. The molecule has 0 bridgehead atoms. The number of halogens is 1. The Morgan fingerprint density at radius 1 is 1.50 bits per heavy atom. The molecule has 1 heterocycles. The fourth-order valence-corrected chi connectivity index (χ4v) is 1.75. The van der Waals surface area contributed by atoms with Gasteiger partial charge in [0.05, 0.1) is 7.11 Å². The predicted octanol–water partition coefficient (Wildman–Crippen LogP) is 2.28. The zero-order valence-corrected chi connectivity index (χ0v) is 12.2. The van der Waals surface area contributed by atoms with Crippen molar-refractivity contribution < 1.29 is 4.74 Å². The van der Waals surface area contributed by atoms with Gasteiger partial charge in [-0.3, -0.25) is 0 Å². The SMILES string of the molecule is CCC(C)N(C)CCNc1ncnc(Cl)c1OC. The maximum absolute atomic E-state index is 5.92. The lowest BCUT2D eigenvalue weighted by molar-refractivity contribution is 0.261. The van der Waals surface area contributed by atoms with Gasteiger partial charge in [0.15, 0.2) is 16.7 Å². The molecule has 1 atom stereocenters. The molecule has 0 fully saturated rings. The van der Waals surface area contributed by atoms with Gasteiger partial charge in [0.1, 0.15) is 6.33 Å². The first kappa shape index (κ1) is 15.0. The molecular formula is C12H21ClN4O. The molecule has 1 aromatic heterocycles. The average Bonchev–Trinajstić information content (AvgIpc) is 2.37. The van der Waals surface area contributed by atoms with Crippen molar-refractivity contribution in [3.63, 3.8) is 0 Å². The fourth-order valence-electron chi connectivity index (χ4n) is 1.54. The summed E-state index contributed by atoms with van der Waals surface area (Å²) in [6, 6.07) is 0.572. The van der Waals surface area contributed by atoms with Gasteiger partial charge in [-0.2, -0.15) is 0 Å². The van der Waals surface area contributed by atoms with Gasteiger partial charge in [0.2, 0.25) is 0 Å². The normalized spacial score (nSPS) is 12.6. The minimum absolute atomic E-state index is 0.324. The molecule has 102 valence electrons. The maximum atomic E-state index is 5.92. The van der Waals surface area contributed by atoms with E-state index in [-0.39, 0.29) is 0 Å². The van der Waals surface area contributed by atoms with Gasteiger partial charge < -0.3 is 15.0 Å². The monoisotopic (exact) mass is 272 g/mol. The van der Waals surface area contributed by atoms with Gasteiger partial charge in [-0.25, -0.2) is 9.97 Å². The Hall–Kier alpha value is -1.07. The Kier molecular flexibility index (Phi) is 6.15. The molecule has 1 N–H and O–H groups in total. The Balaban J connectivity index is 2.51. The molecule has 0 aromatic carbocycles. The summed E-state index contributed by atoms with van der Waals surface area (Å²) < 4.78 is 5.17. The molecule has 0 saturated carbocycles. The van der Waals surface area contributed by atoms with E-state index >= 15 is 0 Å². The second-order valence-electron chi connectivity index (χ2n) is 4.21. The summed E-state index contributed by atoms with van der Waals surface area (Å²) in [6.45, 7) is 6.11. The topological polar surface area (TPSA) is 50.3 Å². The molecule has 0 aliphatic rings. The molecular weight excluding hydrogens is 252 g/mol. The number of nitrogens with one attached hydrogen (secondary N) is 1. The largest absolute Gasteiger partial charge is 0.490 e. The summed E-state index contributed by atoms with van der Waals surface area (Å²) in [5.41, 5.74) is 0. The van der Waals surface area contributed by atoms with Crippen molar-refractivity contribution in [3.05, 3.63) is 11.5 Å². The van der Waals surface area contributed by atoms with Crippen LogP contribution in [0.25, 0.3) is 0 Å². The molecule has 0 aliphatic heterocycles. The lowest BCUT2D eigenvalue weighted by atomic mass is 10.2. The number of methoxy groups -OCH3 is 1. The minimum Gasteiger partial charge on any atom is -0.490 e. The van der Waals surface area contributed by atoms with Crippen LogP contribution >= 0.6 is 11.6 Å². The summed E-state index contributed by atoms with van der Waals surface area (Å²) in [4.78, 5) is 10.3. The molecule has 1 rings (SSSR count). The highest BCUT2D eigenvalue weighted by molar-refractivity contribution is 6.31. The molecule has 0 aliphatic carbocycles. The second-order valence-corrected chi connectivity index (χ2v) is 4.57. The third-order valence-corrected chi connectivity index (χ3v) is 3.33. The number of hydrogen-bond acceptors (Lipinski definition) is 5. The highest BCUT2D eigenvalue weighted by atomic mass is 35.5. The van der Waals surface area contributed by atoms with Crippen LogP contribution in [0.5, 0.6) is 5.75 Å². The molecule has 6 heteroatoms. The minimum atomic E-state index is 0.324. The number of likely N-dealkylation sites (N-methyl/N-ethyl adjacent to an activating group) is 1. The number of anilines is 1. The maximum Gasteiger partial charge on any atom is 0.198 e. The van der Waals surface area contributed by atoms with Crippen LogP contribution in [-0.4, -0.2) is 48.2 Å². The van der Waals surface area contributed by atoms with Crippen LogP contribution in [0.1, 0.15) is 20.3 Å². The molecule has 18 heavy (non-hydrogen) atoms. The van der Waals surface area contributed by atoms with E-state index in [1.807, 2.05) is 0 Å². The van der Waals surface area contributed by atoms with E-state index in [1.165, 1.54) is 6.33 Å². The quantitative estimate of drug-likeness (QED) is 0.772. The van der Waals surface area contributed by atoms with Gasteiger partial charge >= 0.3 is 0 Å². The predicted molar refractivity (Wildman–Crippen MR) is 74.5 cm³/mol. The average molecular weight is 273 g/mol. The van der Waals surface area contributed by atoms with Crippen molar-refractivity contribution >= 4 is 17.4 Å². The number of rotatable bonds is 7. The fraction of sp³-hybridized carbons (Fsp3) is 0.667. The van der Waals surface area contributed by atoms with Crippen molar-refractivity contribution in [2.45, 2.75) is 26.3 Å². The lowest BCUT2D eigenvalue weighted by Gasteiger charge is -2.23. The van der Waals surface area contributed by atoms with E-state index in [9.17, 15) is 0 Å². The summed E-state index contributed by atoms with van der Waals surface area (Å²) >= 11 is 5.92. The van der Waals surface area contributed by atoms with Crippen LogP contribution in [0, 0.1) is 0 Å². The first-order valence-electron chi connectivity index (χ1n) is 6.08. The third kappa shape index (κ3) is 3.99. The third-order valence-electron chi connectivity index (χ3n) is 3.06. The summed E-state index contributed by atoms with van der Waals surface area (Å²) in [7, 11) is 3.67. The van der Waals surface area contributed by atoms with Gasteiger partial charge in [-0.15, -0.1) is 0 Å². The highest BCUT2D eigenvalue weighted by Gasteiger charge is 2.10. The van der Waals surface area contributed by atoms with Crippen LogP contribution < -0.4 is 10.1 Å². The van der Waals surface area contributed by atoms with Gasteiger partial charge in [0.25, 0.3) is 0 Å². The summed E-state index contributed by atoms with van der Waals surface area (Å²) in [5.74, 6) is 1.13. The van der Waals surface area contributed by atoms with Crippen LogP contribution in [0.2, 0.25) is 5.15 Å². The van der Waals surface area contributed by atoms with Gasteiger partial charge in [-0.05, 0) is 20.4 Å². The van der Waals surface area contributed by atoms with Crippen LogP contribution in [0.4, 0.5) is 5.82 Å². The Bertz CT molecular complexity index is 375. The van der Waals surface area contributed by atoms with Crippen LogP contribution in [0.3, 0.4) is 0 Å². The van der Waals surface area contributed by atoms with E-state index in [0.717, 1.165) is 19.5 Å². The number of hydrogen-bond donors (Lipinski definition) is 1. The molecule has 0 amide bonds. The van der Waals surface area contributed by atoms with Crippen molar-refractivity contribution in [2.75, 3.05) is 32.6 Å². The van der Waals surface area contributed by atoms with E-state index in [2.05, 4.69) is 41.1 Å². The van der Waals surface area contributed by atoms with Crippen molar-refractivity contribution in [1.29, 1.82) is 0 Å². The standard InChI is InChI=1S/C12H21ClN4O/c1-5-9(2)17(3)7-6-14-12-10(18-4)11(13)15-8-16-12/h8-9H,5-7H2,1-4H3,(H,14,15,16). The van der Waals surface area contributed by atoms with Gasteiger partial charge in [-0.1, -0.05) is 18.5 Å². The molecule has 5 nitrogen and oxygen atoms in total. The number of ether oxygens (including phenoxy) is 1. The number of aromatic nitrogens is 2. The highest BCUT2D eigenvalue weighted by Crippen LogP contribution is 2.27. The molecule has 1 unspecified atom stereocenters. The van der Waals surface area contributed by atoms with E-state index in [0.29, 0.717) is 22.8 Å². The molecule has 0 saturated heterocycles. The molecule has 1 aromatic rings. The van der Waals surface area contributed by atoms with Crippen molar-refractivity contribution in [1.82, 2.24) is 14.9 Å². The summed E-state index contributed by atoms with van der Waals surface area (Å²) in [5, 5.41) is 3.54. The van der Waals surface area contributed by atoms with E-state index in [4.69, 9.17) is 16.3 Å². The Morgan fingerprint density at radius 2 is 2.22 bits per heavy atom. The lowest BCUT2D eigenvalue weighted by Crippen LogP contribution is -2.32. The zero-order chi connectivity index (χ0) is 13.5. The van der Waals surface area contributed by atoms with Gasteiger partial charge in [0, 0.05) is 19.1 Å². The van der Waals surface area contributed by atoms with Crippen LogP contribution in [0.15, 0.2) is 6.33 Å². The Labute approximate surface area is 114 Å². The van der Waals surface area contributed by atoms with Crippen LogP contribution in [-0.2, 0) is 0 Å². The number of nitrogens with zero attached hydrogens (tertiary/aromatic N) is 3. The first-order valence-corrected chi connectivity index (χ1v) is 6.46. The second kappa shape index (κ2) is 7.38. The Morgan fingerprint density at radius 3 is 2.83 bits per heavy atom. The van der Waals surface area contributed by atoms with E-state index in [1.54, 1.807) is 7.11 Å². The van der Waals surface area contributed by atoms with E-state index < -0.39 is 0 Å². The van der Waals surface area contributed by atoms with Crippen molar-refractivity contribution in [3.8, 4) is 5.75 Å². The molecule has 0 spiro atoms.